The Labute approximate surface area is 297 Å². The Morgan fingerprint density at radius 2 is 1.56 bits per heavy atom. The Bertz CT molecular complexity index is 2320. The van der Waals surface area contributed by atoms with Gasteiger partial charge in [0.05, 0.1) is 22.4 Å². The summed E-state index contributed by atoms with van der Waals surface area (Å²) in [4.78, 5) is 14.1. The predicted octanol–water partition coefficient (Wildman–Crippen LogP) is 9.55. The van der Waals surface area contributed by atoms with Crippen LogP contribution in [0.4, 0.5) is 0 Å². The average molecular weight is 866 g/mol. The SMILES string of the molecule is Cc1c[c-]c(-c2cc[c]([Ge]([CH3])([CH3])[CH3])cn2)cc1.Cc1ccc2c(n1)oc1c(-c3nc4ccccc4n3Cc3ccccc3)[c-]ccc12.[Ir]. The van der Waals surface area contributed by atoms with Gasteiger partial charge in [-0.05, 0) is 36.8 Å². The first-order valence-corrected chi connectivity index (χ1v) is 23.2. The molecule has 241 valence electrons. The minimum Gasteiger partial charge on any atom is -0.486 e. The van der Waals surface area contributed by atoms with Gasteiger partial charge in [0.25, 0.3) is 0 Å². The smallest absolute Gasteiger partial charge is 0.216 e. The number of aryl methyl sites for hydroxylation is 2. The van der Waals surface area contributed by atoms with Crippen LogP contribution in [0.3, 0.4) is 0 Å². The zero-order chi connectivity index (χ0) is 32.5. The van der Waals surface area contributed by atoms with E-state index in [1.807, 2.05) is 61.7 Å². The molecule has 4 aromatic heterocycles. The predicted molar refractivity (Wildman–Crippen MR) is 196 cm³/mol. The molecule has 0 bridgehead atoms. The molecule has 0 unspecified atom stereocenters. The molecule has 4 heterocycles. The fourth-order valence-corrected chi connectivity index (χ4v) is 7.90. The van der Waals surface area contributed by atoms with Gasteiger partial charge in [-0.3, -0.25) is 4.98 Å². The Hall–Kier alpha value is -4.36. The summed E-state index contributed by atoms with van der Waals surface area (Å²) in [6.45, 7) is 4.77. The van der Waals surface area contributed by atoms with Crippen LogP contribution in [-0.4, -0.2) is 32.8 Å². The molecule has 48 heavy (non-hydrogen) atoms. The van der Waals surface area contributed by atoms with Gasteiger partial charge in [0.2, 0.25) is 5.71 Å². The summed E-state index contributed by atoms with van der Waals surface area (Å²) in [5, 5.41) is 2.04. The van der Waals surface area contributed by atoms with E-state index in [1.165, 1.54) is 15.5 Å². The molecule has 0 fully saturated rings. The van der Waals surface area contributed by atoms with Gasteiger partial charge in [-0.2, -0.15) is 0 Å². The number of fused-ring (bicyclic) bond motifs is 4. The summed E-state index contributed by atoms with van der Waals surface area (Å²) in [7, 11) is 0. The van der Waals surface area contributed by atoms with Gasteiger partial charge in [0.15, 0.2) is 0 Å². The van der Waals surface area contributed by atoms with Gasteiger partial charge >= 0.3 is 106 Å². The van der Waals surface area contributed by atoms with Gasteiger partial charge in [0, 0.05) is 37.7 Å². The van der Waals surface area contributed by atoms with Crippen LogP contribution in [0.2, 0.25) is 17.3 Å². The van der Waals surface area contributed by atoms with E-state index < -0.39 is 13.3 Å². The van der Waals surface area contributed by atoms with Gasteiger partial charge in [0.1, 0.15) is 0 Å². The Morgan fingerprint density at radius 3 is 2.29 bits per heavy atom. The van der Waals surface area contributed by atoms with Crippen LogP contribution in [0.5, 0.6) is 0 Å². The van der Waals surface area contributed by atoms with Crippen molar-refractivity contribution in [3.05, 3.63) is 144 Å². The summed E-state index contributed by atoms with van der Waals surface area (Å²) < 4.78 is 9.91. The molecule has 0 amide bonds. The fourth-order valence-electron chi connectivity index (χ4n) is 5.73. The van der Waals surface area contributed by atoms with Crippen LogP contribution in [0.1, 0.15) is 16.8 Å². The first-order valence-electron chi connectivity index (χ1n) is 15.9. The summed E-state index contributed by atoms with van der Waals surface area (Å²) in [5.41, 5.74) is 9.80. The first-order chi connectivity index (χ1) is 22.7. The standard InChI is InChI=1S/C26H18N3O.C15H18GeN.Ir/c1-17-14-15-20-19-10-7-11-21(24(19)30-26(20)27-17)25-28-22-12-5-6-13-23(22)29(25)16-18-8-3-2-4-9-18;1-12-5-7-13(8-6-12)15-10-9-14(11-17-15)16(2,3)4;/h2-10,12-15H,16H2,1H3;5-7,9-11H,1-4H3;/q2*-1;. The van der Waals surface area contributed by atoms with Gasteiger partial charge < -0.3 is 8.98 Å². The third-order valence-corrected chi connectivity index (χ3v) is 12.6. The summed E-state index contributed by atoms with van der Waals surface area (Å²) in [6, 6.07) is 43.9. The molecule has 0 aliphatic heterocycles. The molecule has 8 rings (SSSR count). The maximum atomic E-state index is 6.22. The van der Waals surface area contributed by atoms with E-state index in [9.17, 15) is 0 Å². The van der Waals surface area contributed by atoms with Gasteiger partial charge in [-0.15, -0.1) is 18.2 Å². The second-order valence-electron chi connectivity index (χ2n) is 13.0. The van der Waals surface area contributed by atoms with Crippen molar-refractivity contribution in [3.8, 4) is 22.6 Å². The number of pyridine rings is 2. The zero-order valence-corrected chi connectivity index (χ0v) is 32.2. The largest absolute Gasteiger partial charge is 0.486 e. The molecule has 8 aromatic rings. The molecule has 0 N–H and O–H groups in total. The number of rotatable bonds is 5. The number of nitrogens with zero attached hydrogens (tertiary/aromatic N) is 4. The number of benzene rings is 4. The van der Waals surface area contributed by atoms with E-state index in [2.05, 4.69) is 112 Å². The molecule has 4 aromatic carbocycles. The number of hydrogen-bond donors (Lipinski definition) is 0. The van der Waals surface area contributed by atoms with E-state index in [0.717, 1.165) is 62.3 Å². The molecule has 0 aliphatic carbocycles. The molecule has 0 atom stereocenters. The van der Waals surface area contributed by atoms with E-state index in [1.54, 1.807) is 0 Å². The minimum absolute atomic E-state index is 0. The third kappa shape index (κ3) is 6.93. The number of para-hydroxylation sites is 2. The molecule has 5 nitrogen and oxygen atoms in total. The van der Waals surface area contributed by atoms with E-state index in [-0.39, 0.29) is 20.1 Å². The molecule has 0 aliphatic rings. The van der Waals surface area contributed by atoms with Crippen LogP contribution in [0.25, 0.3) is 55.7 Å². The quantitative estimate of drug-likeness (QED) is 0.128. The van der Waals surface area contributed by atoms with Crippen LogP contribution in [0, 0.1) is 26.0 Å². The summed E-state index contributed by atoms with van der Waals surface area (Å²) >= 11 is -1.73. The van der Waals surface area contributed by atoms with Gasteiger partial charge in [-0.1, -0.05) is 53.4 Å². The van der Waals surface area contributed by atoms with Crippen LogP contribution in [-0.2, 0) is 26.7 Å². The second-order valence-corrected chi connectivity index (χ2v) is 23.6. The Morgan fingerprint density at radius 1 is 0.771 bits per heavy atom. The monoisotopic (exact) mass is 867 g/mol. The van der Waals surface area contributed by atoms with Crippen molar-refractivity contribution < 1.29 is 24.5 Å². The third-order valence-electron chi connectivity index (χ3n) is 8.37. The maximum Gasteiger partial charge on any atom is 0.216 e. The van der Waals surface area contributed by atoms with E-state index >= 15 is 0 Å². The molecule has 0 saturated carbocycles. The number of aromatic nitrogens is 4. The average Bonchev–Trinajstić information content (AvgIpc) is 3.63. The Balaban J connectivity index is 0.000000191. The van der Waals surface area contributed by atoms with Crippen molar-refractivity contribution in [2.45, 2.75) is 37.7 Å². The number of imidazole rings is 1. The first kappa shape index (κ1) is 33.5. The van der Waals surface area contributed by atoms with E-state index in [0.29, 0.717) is 5.71 Å². The molecular weight excluding hydrogens is 829 g/mol. The van der Waals surface area contributed by atoms with Crippen molar-refractivity contribution in [2.75, 3.05) is 0 Å². The number of furan rings is 1. The molecular formula is C41H36GeIrN4O-2. The van der Waals surface area contributed by atoms with Crippen LogP contribution in [0.15, 0.2) is 120 Å². The van der Waals surface area contributed by atoms with Crippen LogP contribution < -0.4 is 4.40 Å². The molecule has 0 saturated heterocycles. The maximum absolute atomic E-state index is 6.22. The summed E-state index contributed by atoms with van der Waals surface area (Å²) in [5.74, 6) is 8.00. The minimum atomic E-state index is -1.73. The van der Waals surface area contributed by atoms with Crippen molar-refractivity contribution in [3.63, 3.8) is 0 Å². The van der Waals surface area contributed by atoms with Crippen LogP contribution >= 0.6 is 0 Å². The fraction of sp³-hybridized carbons (Fsp3) is 0.146. The molecule has 0 spiro atoms. The van der Waals surface area contributed by atoms with Crippen molar-refractivity contribution >= 4 is 50.8 Å². The van der Waals surface area contributed by atoms with Crippen molar-refractivity contribution in [1.29, 1.82) is 0 Å². The van der Waals surface area contributed by atoms with E-state index in [4.69, 9.17) is 9.40 Å². The second kappa shape index (κ2) is 14.0. The normalized spacial score (nSPS) is 11.4. The molecule has 1 radical (unpaired) electrons. The number of hydrogen-bond acceptors (Lipinski definition) is 4. The van der Waals surface area contributed by atoms with Crippen molar-refractivity contribution in [2.24, 2.45) is 0 Å². The van der Waals surface area contributed by atoms with Gasteiger partial charge in [-0.25, -0.2) is 4.98 Å². The summed E-state index contributed by atoms with van der Waals surface area (Å²) in [6.07, 6.45) is 2.04. The zero-order valence-electron chi connectivity index (χ0n) is 27.7. The topological polar surface area (TPSA) is 56.7 Å². The van der Waals surface area contributed by atoms with Crippen molar-refractivity contribution in [1.82, 2.24) is 19.5 Å². The molecule has 7 heteroatoms. The Kier molecular flexibility index (Phi) is 9.79.